The quantitative estimate of drug-likeness (QED) is 0.885. The van der Waals surface area contributed by atoms with Crippen LogP contribution in [0, 0.1) is 13.8 Å². The minimum atomic E-state index is 0.699. The van der Waals surface area contributed by atoms with E-state index >= 15 is 0 Å². The molecule has 3 heterocycles. The molecule has 3 rings (SSSR count). The number of aromatic nitrogens is 1. The molecule has 104 valence electrons. The lowest BCUT2D eigenvalue weighted by Crippen LogP contribution is -2.56. The molecule has 2 atom stereocenters. The van der Waals surface area contributed by atoms with Gasteiger partial charge >= 0.3 is 0 Å². The summed E-state index contributed by atoms with van der Waals surface area (Å²) in [5, 5.41) is 3.49. The highest BCUT2D eigenvalue weighted by Crippen LogP contribution is 2.38. The molecule has 3 heteroatoms. The van der Waals surface area contributed by atoms with Crippen LogP contribution in [-0.4, -0.2) is 30.2 Å². The Morgan fingerprint density at radius 2 is 1.84 bits per heavy atom. The van der Waals surface area contributed by atoms with Gasteiger partial charge in [0.2, 0.25) is 0 Å². The average molecular weight is 259 g/mol. The van der Waals surface area contributed by atoms with Crippen molar-refractivity contribution in [1.29, 1.82) is 0 Å². The minimum absolute atomic E-state index is 0.699. The molecule has 2 aliphatic rings. The lowest BCUT2D eigenvalue weighted by Gasteiger charge is -2.50. The number of hydrogen-bond acceptors (Lipinski definition) is 3. The average Bonchev–Trinajstić information content (AvgIpc) is 2.37. The van der Waals surface area contributed by atoms with E-state index in [4.69, 9.17) is 0 Å². The molecular formula is C16H25N3. The lowest BCUT2D eigenvalue weighted by atomic mass is 9.81. The Kier molecular flexibility index (Phi) is 3.48. The van der Waals surface area contributed by atoms with Crippen LogP contribution in [0.15, 0.2) is 12.1 Å². The summed E-state index contributed by atoms with van der Waals surface area (Å²) in [6.07, 6.45) is 6.62. The number of rotatable bonds is 2. The van der Waals surface area contributed by atoms with Crippen LogP contribution in [0.4, 0.5) is 5.69 Å². The standard InChI is InChI=1S/C16H25N3/c1-11-7-8-16(12(2)18-11)19-14-5-4-6-15(19)10-13(9-14)17-3/h7-8,13-15,17H,4-6,9-10H2,1-3H3. The van der Waals surface area contributed by atoms with Crippen molar-refractivity contribution in [3.63, 3.8) is 0 Å². The molecule has 2 saturated heterocycles. The van der Waals surface area contributed by atoms with E-state index in [-0.39, 0.29) is 0 Å². The Bertz CT molecular complexity index is 443. The van der Waals surface area contributed by atoms with Crippen molar-refractivity contribution in [2.75, 3.05) is 11.9 Å². The maximum atomic E-state index is 4.66. The van der Waals surface area contributed by atoms with Gasteiger partial charge in [-0.2, -0.15) is 0 Å². The molecular weight excluding hydrogens is 234 g/mol. The summed E-state index contributed by atoms with van der Waals surface area (Å²) in [4.78, 5) is 7.34. The number of aryl methyl sites for hydroxylation is 2. The van der Waals surface area contributed by atoms with Crippen molar-refractivity contribution in [1.82, 2.24) is 10.3 Å². The Balaban J connectivity index is 1.91. The molecule has 0 aromatic carbocycles. The monoisotopic (exact) mass is 259 g/mol. The number of hydrogen-bond donors (Lipinski definition) is 1. The Hall–Kier alpha value is -1.09. The van der Waals surface area contributed by atoms with Gasteiger partial charge in [-0.15, -0.1) is 0 Å². The van der Waals surface area contributed by atoms with Crippen molar-refractivity contribution in [3.05, 3.63) is 23.5 Å². The second-order valence-corrected chi connectivity index (χ2v) is 6.16. The second kappa shape index (κ2) is 5.12. The van der Waals surface area contributed by atoms with Crippen LogP contribution in [0.5, 0.6) is 0 Å². The fourth-order valence-electron chi connectivity index (χ4n) is 3.96. The third-order valence-electron chi connectivity index (χ3n) is 4.86. The molecule has 2 aliphatic heterocycles. The zero-order valence-electron chi connectivity index (χ0n) is 12.3. The number of anilines is 1. The van der Waals surface area contributed by atoms with Crippen molar-refractivity contribution in [2.45, 2.75) is 64.1 Å². The van der Waals surface area contributed by atoms with Gasteiger partial charge in [-0.05, 0) is 65.1 Å². The van der Waals surface area contributed by atoms with E-state index in [2.05, 4.69) is 48.2 Å². The number of fused-ring (bicyclic) bond motifs is 2. The zero-order chi connectivity index (χ0) is 13.4. The minimum Gasteiger partial charge on any atom is -0.364 e. The predicted octanol–water partition coefficient (Wildman–Crippen LogP) is 2.81. The van der Waals surface area contributed by atoms with E-state index < -0.39 is 0 Å². The number of piperidine rings is 2. The van der Waals surface area contributed by atoms with Gasteiger partial charge < -0.3 is 10.2 Å². The van der Waals surface area contributed by atoms with Crippen molar-refractivity contribution >= 4 is 5.69 Å². The van der Waals surface area contributed by atoms with Gasteiger partial charge in [0.15, 0.2) is 0 Å². The normalized spacial score (nSPS) is 30.5. The van der Waals surface area contributed by atoms with E-state index in [1.807, 2.05) is 0 Å². The van der Waals surface area contributed by atoms with Crippen molar-refractivity contribution in [2.24, 2.45) is 0 Å². The summed E-state index contributed by atoms with van der Waals surface area (Å²) < 4.78 is 0. The summed E-state index contributed by atoms with van der Waals surface area (Å²) in [5.41, 5.74) is 3.69. The summed E-state index contributed by atoms with van der Waals surface area (Å²) >= 11 is 0. The Morgan fingerprint density at radius 1 is 1.16 bits per heavy atom. The van der Waals surface area contributed by atoms with E-state index in [1.165, 1.54) is 43.5 Å². The largest absolute Gasteiger partial charge is 0.364 e. The van der Waals surface area contributed by atoms with Gasteiger partial charge in [0.25, 0.3) is 0 Å². The fraction of sp³-hybridized carbons (Fsp3) is 0.688. The third-order valence-corrected chi connectivity index (χ3v) is 4.86. The van der Waals surface area contributed by atoms with Crippen LogP contribution in [-0.2, 0) is 0 Å². The highest BCUT2D eigenvalue weighted by Gasteiger charge is 2.38. The molecule has 0 aliphatic carbocycles. The maximum absolute atomic E-state index is 4.66. The topological polar surface area (TPSA) is 28.2 Å². The summed E-state index contributed by atoms with van der Waals surface area (Å²) in [7, 11) is 2.11. The van der Waals surface area contributed by atoms with E-state index in [1.54, 1.807) is 0 Å². The molecule has 1 aromatic heterocycles. The van der Waals surface area contributed by atoms with Crippen molar-refractivity contribution in [3.8, 4) is 0 Å². The first-order valence-corrected chi connectivity index (χ1v) is 7.59. The van der Waals surface area contributed by atoms with Crippen LogP contribution in [0.3, 0.4) is 0 Å². The number of nitrogens with one attached hydrogen (secondary N) is 1. The highest BCUT2D eigenvalue weighted by molar-refractivity contribution is 5.53. The van der Waals surface area contributed by atoms with E-state index in [9.17, 15) is 0 Å². The molecule has 0 saturated carbocycles. The smallest absolute Gasteiger partial charge is 0.0609 e. The zero-order valence-corrected chi connectivity index (χ0v) is 12.3. The maximum Gasteiger partial charge on any atom is 0.0609 e. The molecule has 19 heavy (non-hydrogen) atoms. The summed E-state index contributed by atoms with van der Waals surface area (Å²) in [6, 6.07) is 6.54. The van der Waals surface area contributed by atoms with Gasteiger partial charge in [-0.1, -0.05) is 0 Å². The van der Waals surface area contributed by atoms with Gasteiger partial charge in [0.1, 0.15) is 0 Å². The van der Waals surface area contributed by atoms with Crippen LogP contribution in [0.25, 0.3) is 0 Å². The van der Waals surface area contributed by atoms with Crippen LogP contribution in [0.1, 0.15) is 43.5 Å². The van der Waals surface area contributed by atoms with Gasteiger partial charge in [-0.25, -0.2) is 0 Å². The number of nitrogens with zero attached hydrogens (tertiary/aromatic N) is 2. The SMILES string of the molecule is CNC1CC2CCCC(C1)N2c1ccc(C)nc1C. The number of pyridine rings is 1. The van der Waals surface area contributed by atoms with E-state index in [0.717, 1.165) is 5.69 Å². The molecule has 0 amide bonds. The molecule has 3 nitrogen and oxygen atoms in total. The molecule has 2 unspecified atom stereocenters. The Morgan fingerprint density at radius 3 is 2.42 bits per heavy atom. The molecule has 0 radical (unpaired) electrons. The first kappa shape index (κ1) is 12.9. The molecule has 1 aromatic rings. The molecule has 2 bridgehead atoms. The van der Waals surface area contributed by atoms with Crippen LogP contribution >= 0.6 is 0 Å². The first-order valence-electron chi connectivity index (χ1n) is 7.59. The lowest BCUT2D eigenvalue weighted by molar-refractivity contribution is 0.252. The van der Waals surface area contributed by atoms with Crippen LogP contribution in [0.2, 0.25) is 0 Å². The van der Waals surface area contributed by atoms with E-state index in [0.29, 0.717) is 18.1 Å². The summed E-state index contributed by atoms with van der Waals surface area (Å²) in [5.74, 6) is 0. The second-order valence-electron chi connectivity index (χ2n) is 6.16. The Labute approximate surface area is 116 Å². The first-order chi connectivity index (χ1) is 9.19. The highest BCUT2D eigenvalue weighted by atomic mass is 15.2. The van der Waals surface area contributed by atoms with Gasteiger partial charge in [-0.3, -0.25) is 4.98 Å². The van der Waals surface area contributed by atoms with Gasteiger partial charge in [0, 0.05) is 23.8 Å². The molecule has 1 N–H and O–H groups in total. The molecule has 2 fully saturated rings. The van der Waals surface area contributed by atoms with Crippen molar-refractivity contribution < 1.29 is 0 Å². The van der Waals surface area contributed by atoms with Gasteiger partial charge in [0.05, 0.1) is 11.4 Å². The van der Waals surface area contributed by atoms with Crippen LogP contribution < -0.4 is 10.2 Å². The molecule has 0 spiro atoms. The fourth-order valence-corrected chi connectivity index (χ4v) is 3.96. The third kappa shape index (κ3) is 2.36. The predicted molar refractivity (Wildman–Crippen MR) is 79.7 cm³/mol. The summed E-state index contributed by atoms with van der Waals surface area (Å²) in [6.45, 7) is 4.23.